The first-order chi connectivity index (χ1) is 14.7. The second kappa shape index (κ2) is 9.71. The zero-order valence-corrected chi connectivity index (χ0v) is 17.7. The van der Waals surface area contributed by atoms with Crippen molar-refractivity contribution in [3.8, 4) is 0 Å². The summed E-state index contributed by atoms with van der Waals surface area (Å²) >= 11 is 0. The molecule has 0 bridgehead atoms. The average molecular weight is 412 g/mol. The fourth-order valence-corrected chi connectivity index (χ4v) is 5.46. The van der Waals surface area contributed by atoms with E-state index >= 15 is 0 Å². The maximum atomic E-state index is 13.9. The van der Waals surface area contributed by atoms with Crippen molar-refractivity contribution in [1.82, 2.24) is 0 Å². The summed E-state index contributed by atoms with van der Waals surface area (Å²) in [6.45, 7) is 0.349. The molecule has 0 fully saturated rings. The maximum absolute atomic E-state index is 13.9. The largest absolute Gasteiger partial charge is 0.323 e. The van der Waals surface area contributed by atoms with Gasteiger partial charge in [-0.2, -0.15) is 0 Å². The minimum atomic E-state index is -2.93. The smallest absolute Gasteiger partial charge is 0.211 e. The van der Waals surface area contributed by atoms with Gasteiger partial charge in [0.05, 0.1) is 12.8 Å². The van der Waals surface area contributed by atoms with Crippen LogP contribution in [0, 0.1) is 0 Å². The summed E-state index contributed by atoms with van der Waals surface area (Å²) in [6, 6.07) is 34.4. The number of hydrogen-bond acceptors (Lipinski definition) is 2. The topological polar surface area (TPSA) is 26.3 Å². The molecule has 1 unspecified atom stereocenters. The third-order valence-electron chi connectivity index (χ3n) is 5.09. The predicted octanol–water partition coefficient (Wildman–Crippen LogP) is 7.55. The van der Waals surface area contributed by atoms with Gasteiger partial charge in [-0.15, -0.1) is 0 Å². The number of fused-ring (bicyclic) bond motifs is 1. The van der Waals surface area contributed by atoms with E-state index in [1.54, 1.807) is 0 Å². The second-order valence-corrected chi connectivity index (χ2v) is 9.93. The highest BCUT2D eigenvalue weighted by atomic mass is 31.2. The van der Waals surface area contributed by atoms with E-state index in [4.69, 9.17) is 4.52 Å². The maximum Gasteiger partial charge on any atom is 0.211 e. The first-order valence-corrected chi connectivity index (χ1v) is 12.2. The van der Waals surface area contributed by atoms with E-state index in [2.05, 4.69) is 24.3 Å². The molecule has 150 valence electrons. The Labute approximate surface area is 178 Å². The minimum absolute atomic E-state index is 0.349. The molecule has 0 saturated heterocycles. The molecule has 0 N–H and O–H groups in total. The van der Waals surface area contributed by atoms with Gasteiger partial charge in [-0.3, -0.25) is 4.57 Å². The van der Waals surface area contributed by atoms with Crippen molar-refractivity contribution in [2.75, 3.05) is 6.16 Å². The van der Waals surface area contributed by atoms with Gasteiger partial charge in [-0.25, -0.2) is 0 Å². The highest BCUT2D eigenvalue weighted by Crippen LogP contribution is 2.52. The highest BCUT2D eigenvalue weighted by molar-refractivity contribution is 7.58. The monoisotopic (exact) mass is 412 g/mol. The number of benzene rings is 4. The zero-order valence-electron chi connectivity index (χ0n) is 16.9. The quantitative estimate of drug-likeness (QED) is 0.279. The molecule has 0 aliphatic rings. The number of rotatable bonds is 8. The van der Waals surface area contributed by atoms with Crippen LogP contribution in [0.1, 0.15) is 16.7 Å². The molecule has 3 heteroatoms. The van der Waals surface area contributed by atoms with Crippen LogP contribution in [-0.2, 0) is 21.9 Å². The SMILES string of the molecule is O=P(C/C=C/c1ccccc1)(Cc1cccc2ccccc12)OCc1ccccc1. The molecule has 0 aromatic heterocycles. The molecule has 30 heavy (non-hydrogen) atoms. The van der Waals surface area contributed by atoms with Crippen LogP contribution >= 0.6 is 7.37 Å². The molecule has 0 radical (unpaired) electrons. The van der Waals surface area contributed by atoms with Crippen LogP contribution < -0.4 is 0 Å². The molecule has 0 spiro atoms. The lowest BCUT2D eigenvalue weighted by atomic mass is 10.1. The average Bonchev–Trinajstić information content (AvgIpc) is 2.80. The lowest BCUT2D eigenvalue weighted by molar-refractivity contribution is 0.303. The van der Waals surface area contributed by atoms with Crippen molar-refractivity contribution in [2.45, 2.75) is 12.8 Å². The number of hydrogen-bond donors (Lipinski definition) is 0. The van der Waals surface area contributed by atoms with Crippen LogP contribution in [0.4, 0.5) is 0 Å². The molecule has 0 heterocycles. The molecule has 4 aromatic carbocycles. The van der Waals surface area contributed by atoms with E-state index in [1.807, 2.05) is 91.0 Å². The van der Waals surface area contributed by atoms with Crippen molar-refractivity contribution in [3.05, 3.63) is 126 Å². The van der Waals surface area contributed by atoms with Crippen molar-refractivity contribution in [2.24, 2.45) is 0 Å². The first-order valence-electron chi connectivity index (χ1n) is 10.2. The Morgan fingerprint density at radius 1 is 0.733 bits per heavy atom. The summed E-state index contributed by atoms with van der Waals surface area (Å²) < 4.78 is 20.0. The predicted molar refractivity (Wildman–Crippen MR) is 127 cm³/mol. The zero-order chi connectivity index (χ0) is 20.7. The lowest BCUT2D eigenvalue weighted by Crippen LogP contribution is -1.99. The summed E-state index contributed by atoms with van der Waals surface area (Å²) in [4.78, 5) is 0. The Morgan fingerprint density at radius 2 is 1.40 bits per heavy atom. The van der Waals surface area contributed by atoms with E-state index < -0.39 is 7.37 Å². The van der Waals surface area contributed by atoms with Gasteiger partial charge >= 0.3 is 0 Å². The first kappa shape index (κ1) is 20.3. The molecule has 0 aliphatic carbocycles. The van der Waals surface area contributed by atoms with Crippen molar-refractivity contribution in [1.29, 1.82) is 0 Å². The van der Waals surface area contributed by atoms with Gasteiger partial charge in [0.25, 0.3) is 0 Å². The van der Waals surface area contributed by atoms with Gasteiger partial charge in [0.1, 0.15) is 0 Å². The van der Waals surface area contributed by atoms with Gasteiger partial charge in [0.2, 0.25) is 7.37 Å². The molecular formula is C27H25O2P. The molecule has 0 aliphatic heterocycles. The molecule has 4 aromatic rings. The fourth-order valence-electron chi connectivity index (χ4n) is 3.53. The summed E-state index contributed by atoms with van der Waals surface area (Å²) in [6.07, 6.45) is 4.81. The van der Waals surface area contributed by atoms with Crippen LogP contribution in [0.5, 0.6) is 0 Å². The Morgan fingerprint density at radius 3 is 2.20 bits per heavy atom. The molecule has 1 atom stereocenters. The Bertz CT molecular complexity index is 1160. The van der Waals surface area contributed by atoms with Crippen LogP contribution in [-0.4, -0.2) is 6.16 Å². The molecular weight excluding hydrogens is 387 g/mol. The molecule has 0 amide bonds. The van der Waals surface area contributed by atoms with E-state index in [-0.39, 0.29) is 0 Å². The standard InChI is InChI=1S/C27H25O2P/c28-30(29-21-24-13-5-2-6-14-24,20-10-15-23-11-3-1-4-12-23)22-26-18-9-17-25-16-7-8-19-27(25)26/h1-19H,20-22H2/b15-10+. The number of allylic oxidation sites excluding steroid dienone is 1. The van der Waals surface area contributed by atoms with Gasteiger partial charge in [-0.1, -0.05) is 115 Å². The molecule has 4 rings (SSSR count). The van der Waals surface area contributed by atoms with Crippen LogP contribution in [0.3, 0.4) is 0 Å². The molecule has 2 nitrogen and oxygen atoms in total. The third-order valence-corrected chi connectivity index (χ3v) is 7.28. The normalized spacial score (nSPS) is 13.5. The van der Waals surface area contributed by atoms with Gasteiger partial charge < -0.3 is 4.52 Å². The van der Waals surface area contributed by atoms with Crippen LogP contribution in [0.25, 0.3) is 16.8 Å². The molecule has 0 saturated carbocycles. The van der Waals surface area contributed by atoms with Gasteiger partial charge in [0, 0.05) is 6.16 Å². The Kier molecular flexibility index (Phi) is 6.59. The van der Waals surface area contributed by atoms with Crippen LogP contribution in [0.15, 0.2) is 109 Å². The minimum Gasteiger partial charge on any atom is -0.323 e. The van der Waals surface area contributed by atoms with E-state index in [9.17, 15) is 4.57 Å². The summed E-state index contributed by atoms with van der Waals surface area (Å²) in [5, 5.41) is 2.29. The van der Waals surface area contributed by atoms with Crippen molar-refractivity contribution >= 4 is 24.2 Å². The van der Waals surface area contributed by atoms with Gasteiger partial charge in [-0.05, 0) is 27.5 Å². The summed E-state index contributed by atoms with van der Waals surface area (Å²) in [5.41, 5.74) is 3.19. The van der Waals surface area contributed by atoms with E-state index in [0.717, 1.165) is 27.5 Å². The Balaban J connectivity index is 1.58. The summed E-state index contributed by atoms with van der Waals surface area (Å²) in [7, 11) is -2.93. The lowest BCUT2D eigenvalue weighted by Gasteiger charge is -2.19. The fraction of sp³-hybridized carbons (Fsp3) is 0.111. The Hall–Kier alpha value is -2.93. The van der Waals surface area contributed by atoms with Gasteiger partial charge in [0.15, 0.2) is 0 Å². The van der Waals surface area contributed by atoms with Crippen molar-refractivity contribution < 1.29 is 9.09 Å². The highest BCUT2D eigenvalue weighted by Gasteiger charge is 2.23. The third kappa shape index (κ3) is 5.36. The summed E-state index contributed by atoms with van der Waals surface area (Å²) in [5.74, 6) is 0. The van der Waals surface area contributed by atoms with Crippen molar-refractivity contribution in [3.63, 3.8) is 0 Å². The van der Waals surface area contributed by atoms with E-state index in [0.29, 0.717) is 18.9 Å². The second-order valence-electron chi connectivity index (χ2n) is 7.37. The van der Waals surface area contributed by atoms with Crippen LogP contribution in [0.2, 0.25) is 0 Å². The van der Waals surface area contributed by atoms with E-state index in [1.165, 1.54) is 0 Å².